The van der Waals surface area contributed by atoms with Crippen molar-refractivity contribution in [3.8, 4) is 11.5 Å². The van der Waals surface area contributed by atoms with E-state index in [0.717, 1.165) is 11.1 Å². The Balaban J connectivity index is 2.19. The number of ether oxygens (including phenoxy) is 2. The highest BCUT2D eigenvalue weighted by molar-refractivity contribution is 6.31. The van der Waals surface area contributed by atoms with Gasteiger partial charge in [-0.05, 0) is 29.8 Å². The van der Waals surface area contributed by atoms with Crippen molar-refractivity contribution in [3.05, 3.63) is 52.5 Å². The maximum absolute atomic E-state index is 9.10. The van der Waals surface area contributed by atoms with Gasteiger partial charge in [0.05, 0.1) is 13.7 Å². The first kappa shape index (κ1) is 14.5. The second-order valence-corrected chi connectivity index (χ2v) is 4.65. The van der Waals surface area contributed by atoms with E-state index in [1.54, 1.807) is 43.5 Å². The Morgan fingerprint density at radius 1 is 1.20 bits per heavy atom. The molecule has 0 spiro atoms. The topological polar surface area (TPSA) is 64.7 Å². The molecule has 0 aliphatic heterocycles. The molecule has 0 unspecified atom stereocenters. The average molecular weight is 294 g/mol. The molecule has 0 saturated heterocycles. The van der Waals surface area contributed by atoms with Crippen LogP contribution in [0.2, 0.25) is 5.02 Å². The number of anilines is 1. The van der Waals surface area contributed by atoms with Crippen LogP contribution in [0.3, 0.4) is 0 Å². The molecule has 106 valence electrons. The van der Waals surface area contributed by atoms with Gasteiger partial charge in [0.25, 0.3) is 0 Å². The SMILES string of the molecule is COc1cc(CO)ccc1OCc1c(N)cccc1Cl. The number of nitrogens with two attached hydrogens (primary N) is 1. The summed E-state index contributed by atoms with van der Waals surface area (Å²) in [4.78, 5) is 0. The lowest BCUT2D eigenvalue weighted by atomic mass is 10.2. The van der Waals surface area contributed by atoms with Crippen LogP contribution in [0, 0.1) is 0 Å². The molecule has 0 fully saturated rings. The quantitative estimate of drug-likeness (QED) is 0.832. The smallest absolute Gasteiger partial charge is 0.161 e. The van der Waals surface area contributed by atoms with Crippen LogP contribution in [-0.2, 0) is 13.2 Å². The molecule has 2 aromatic rings. The summed E-state index contributed by atoms with van der Waals surface area (Å²) >= 11 is 6.09. The molecule has 0 atom stereocenters. The van der Waals surface area contributed by atoms with Gasteiger partial charge >= 0.3 is 0 Å². The van der Waals surface area contributed by atoms with E-state index in [9.17, 15) is 0 Å². The van der Waals surface area contributed by atoms with E-state index < -0.39 is 0 Å². The van der Waals surface area contributed by atoms with Gasteiger partial charge in [-0.25, -0.2) is 0 Å². The highest BCUT2D eigenvalue weighted by Gasteiger charge is 2.09. The van der Waals surface area contributed by atoms with Gasteiger partial charge in [-0.3, -0.25) is 0 Å². The highest BCUT2D eigenvalue weighted by atomic mass is 35.5. The summed E-state index contributed by atoms with van der Waals surface area (Å²) in [5, 5.41) is 9.66. The number of methoxy groups -OCH3 is 1. The lowest BCUT2D eigenvalue weighted by molar-refractivity contribution is 0.274. The van der Waals surface area contributed by atoms with Crippen LogP contribution < -0.4 is 15.2 Å². The normalized spacial score (nSPS) is 10.3. The molecule has 0 saturated carbocycles. The van der Waals surface area contributed by atoms with E-state index in [2.05, 4.69) is 0 Å². The summed E-state index contributed by atoms with van der Waals surface area (Å²) in [5.41, 5.74) is 7.95. The predicted octanol–water partition coefficient (Wildman–Crippen LogP) is 3.00. The first-order chi connectivity index (χ1) is 9.65. The van der Waals surface area contributed by atoms with Crippen molar-refractivity contribution in [2.75, 3.05) is 12.8 Å². The van der Waals surface area contributed by atoms with E-state index in [1.165, 1.54) is 0 Å². The third-order valence-corrected chi connectivity index (χ3v) is 3.29. The summed E-state index contributed by atoms with van der Waals surface area (Å²) in [6.07, 6.45) is 0. The molecule has 0 radical (unpaired) electrons. The van der Waals surface area contributed by atoms with Crippen LogP contribution in [-0.4, -0.2) is 12.2 Å². The van der Waals surface area contributed by atoms with Crippen LogP contribution in [0.5, 0.6) is 11.5 Å². The maximum Gasteiger partial charge on any atom is 0.161 e. The van der Waals surface area contributed by atoms with Gasteiger partial charge in [-0.15, -0.1) is 0 Å². The second-order valence-electron chi connectivity index (χ2n) is 4.24. The first-order valence-corrected chi connectivity index (χ1v) is 6.47. The Hall–Kier alpha value is -1.91. The lowest BCUT2D eigenvalue weighted by Crippen LogP contribution is -2.02. The molecule has 3 N–H and O–H groups in total. The van der Waals surface area contributed by atoms with E-state index in [1.807, 2.05) is 0 Å². The van der Waals surface area contributed by atoms with Crippen molar-refractivity contribution in [1.82, 2.24) is 0 Å². The first-order valence-electron chi connectivity index (χ1n) is 6.09. The van der Waals surface area contributed by atoms with Crippen molar-refractivity contribution in [3.63, 3.8) is 0 Å². The summed E-state index contributed by atoms with van der Waals surface area (Å²) < 4.78 is 10.9. The molecular formula is C15H16ClNO3. The number of nitrogen functional groups attached to an aromatic ring is 1. The van der Waals surface area contributed by atoms with Gasteiger partial charge in [-0.1, -0.05) is 23.7 Å². The third-order valence-electron chi connectivity index (χ3n) is 2.94. The molecule has 4 nitrogen and oxygen atoms in total. The summed E-state index contributed by atoms with van der Waals surface area (Å²) in [6, 6.07) is 10.6. The van der Waals surface area contributed by atoms with Gasteiger partial charge in [0.1, 0.15) is 6.61 Å². The maximum atomic E-state index is 9.10. The monoisotopic (exact) mass is 293 g/mol. The van der Waals surface area contributed by atoms with Crippen LogP contribution >= 0.6 is 11.6 Å². The fourth-order valence-electron chi connectivity index (χ4n) is 1.81. The van der Waals surface area contributed by atoms with Crippen LogP contribution in [0.1, 0.15) is 11.1 Å². The van der Waals surface area contributed by atoms with Gasteiger partial charge in [0.15, 0.2) is 11.5 Å². The second kappa shape index (κ2) is 6.50. The predicted molar refractivity (Wildman–Crippen MR) is 79.1 cm³/mol. The van der Waals surface area contributed by atoms with Crippen molar-refractivity contribution in [2.24, 2.45) is 0 Å². The van der Waals surface area contributed by atoms with Crippen LogP contribution in [0.4, 0.5) is 5.69 Å². The molecule has 0 amide bonds. The minimum Gasteiger partial charge on any atom is -0.493 e. The average Bonchev–Trinajstić information content (AvgIpc) is 2.46. The lowest BCUT2D eigenvalue weighted by Gasteiger charge is -2.13. The zero-order chi connectivity index (χ0) is 14.5. The Kier molecular flexibility index (Phi) is 4.71. The summed E-state index contributed by atoms with van der Waals surface area (Å²) in [7, 11) is 1.55. The van der Waals surface area contributed by atoms with Gasteiger partial charge < -0.3 is 20.3 Å². The fraction of sp³-hybridized carbons (Fsp3) is 0.200. The molecule has 20 heavy (non-hydrogen) atoms. The molecular weight excluding hydrogens is 278 g/mol. The third kappa shape index (κ3) is 3.15. The number of hydrogen-bond acceptors (Lipinski definition) is 4. The zero-order valence-corrected chi connectivity index (χ0v) is 11.9. The number of aliphatic hydroxyl groups excluding tert-OH is 1. The minimum atomic E-state index is -0.0475. The number of hydrogen-bond donors (Lipinski definition) is 2. The zero-order valence-electron chi connectivity index (χ0n) is 11.1. The number of halogens is 1. The standard InChI is InChI=1S/C15H16ClNO3/c1-19-15-7-10(8-18)5-6-14(15)20-9-11-12(16)3-2-4-13(11)17/h2-7,18H,8-9,17H2,1H3. The van der Waals surface area contributed by atoms with Crippen molar-refractivity contribution in [1.29, 1.82) is 0 Å². The van der Waals surface area contributed by atoms with Crippen molar-refractivity contribution >= 4 is 17.3 Å². The molecule has 5 heteroatoms. The highest BCUT2D eigenvalue weighted by Crippen LogP contribution is 2.30. The molecule has 2 rings (SSSR count). The van der Waals surface area contributed by atoms with Gasteiger partial charge in [0, 0.05) is 16.3 Å². The minimum absolute atomic E-state index is 0.0475. The van der Waals surface area contributed by atoms with Crippen LogP contribution in [0.15, 0.2) is 36.4 Å². The molecule has 0 heterocycles. The van der Waals surface area contributed by atoms with Gasteiger partial charge in [0.2, 0.25) is 0 Å². The number of benzene rings is 2. The molecule has 0 aliphatic carbocycles. The Labute approximate surface area is 122 Å². The molecule has 0 aliphatic rings. The molecule has 0 aromatic heterocycles. The van der Waals surface area contributed by atoms with E-state index in [-0.39, 0.29) is 13.2 Å². The van der Waals surface area contributed by atoms with E-state index in [0.29, 0.717) is 22.2 Å². The Morgan fingerprint density at radius 2 is 2.00 bits per heavy atom. The van der Waals surface area contributed by atoms with Crippen molar-refractivity contribution < 1.29 is 14.6 Å². The van der Waals surface area contributed by atoms with E-state index in [4.69, 9.17) is 31.9 Å². The summed E-state index contributed by atoms with van der Waals surface area (Å²) in [5.74, 6) is 1.13. The molecule has 0 bridgehead atoms. The van der Waals surface area contributed by atoms with Crippen molar-refractivity contribution in [2.45, 2.75) is 13.2 Å². The fourth-order valence-corrected chi connectivity index (χ4v) is 2.04. The van der Waals surface area contributed by atoms with Crippen LogP contribution in [0.25, 0.3) is 0 Å². The van der Waals surface area contributed by atoms with E-state index >= 15 is 0 Å². The van der Waals surface area contributed by atoms with Gasteiger partial charge in [-0.2, -0.15) is 0 Å². The number of rotatable bonds is 5. The summed E-state index contributed by atoms with van der Waals surface area (Å²) in [6.45, 7) is 0.203. The Bertz CT molecular complexity index is 581. The largest absolute Gasteiger partial charge is 0.493 e. The Morgan fingerprint density at radius 3 is 2.65 bits per heavy atom. The number of aliphatic hydroxyl groups is 1. The molecule has 2 aromatic carbocycles.